The van der Waals surface area contributed by atoms with E-state index in [9.17, 15) is 10.2 Å². The quantitative estimate of drug-likeness (QED) is 0.636. The van der Waals surface area contributed by atoms with Crippen LogP contribution in [0.1, 0.15) is 18.4 Å². The molecule has 1 heterocycles. The fraction of sp³-hybridized carbons (Fsp3) is 0.467. The van der Waals surface area contributed by atoms with Gasteiger partial charge in [-0.1, -0.05) is 18.2 Å². The van der Waals surface area contributed by atoms with Crippen molar-refractivity contribution >= 4 is 6.08 Å². The number of hydrogen-bond acceptors (Lipinski definition) is 6. The smallest absolute Gasteiger partial charge is 0.226 e. The van der Waals surface area contributed by atoms with Crippen molar-refractivity contribution in [2.45, 2.75) is 31.3 Å². The highest BCUT2D eigenvalue weighted by Gasteiger charge is 2.31. The van der Waals surface area contributed by atoms with Crippen LogP contribution in [0.4, 0.5) is 0 Å². The van der Waals surface area contributed by atoms with Gasteiger partial charge in [0, 0.05) is 0 Å². The van der Waals surface area contributed by atoms with Gasteiger partial charge >= 0.3 is 0 Å². The average molecular weight is 296 g/mol. The van der Waals surface area contributed by atoms with Gasteiger partial charge in [-0.3, -0.25) is 0 Å². The number of aliphatic hydroxyl groups excluding tert-OH is 3. The molecule has 1 aromatic carbocycles. The molecule has 21 heavy (non-hydrogen) atoms. The Bertz CT molecular complexity index is 487. The number of hydrogen-bond donors (Lipinski definition) is 4. The third-order valence-corrected chi connectivity index (χ3v) is 3.27. The van der Waals surface area contributed by atoms with Gasteiger partial charge in [-0.15, -0.1) is 0 Å². The maximum Gasteiger partial charge on any atom is 0.226 e. The van der Waals surface area contributed by atoms with E-state index in [1.807, 2.05) is 0 Å². The zero-order valence-corrected chi connectivity index (χ0v) is 11.6. The molecular weight excluding hydrogens is 276 g/mol. The van der Waals surface area contributed by atoms with Crippen molar-refractivity contribution in [3.8, 4) is 11.5 Å². The largest absolute Gasteiger partial charge is 0.504 e. The number of aliphatic hydroxyl groups is 3. The lowest BCUT2D eigenvalue weighted by molar-refractivity contribution is -0.208. The van der Waals surface area contributed by atoms with E-state index in [1.54, 1.807) is 24.3 Å². The maximum atomic E-state index is 9.92. The minimum absolute atomic E-state index is 0.0797. The molecule has 0 amide bonds. The topological polar surface area (TPSA) is 99.4 Å². The van der Waals surface area contributed by atoms with Gasteiger partial charge in [-0.25, -0.2) is 0 Å². The van der Waals surface area contributed by atoms with Gasteiger partial charge in [0.25, 0.3) is 0 Å². The standard InChI is InChI=1S/C15H20O6/c16-7-1-2-10-3-6-14(13(19)8-10)21-15-12(18)5-4-11(9-17)20-15/h1-3,6,8,11-12,15-19H,4-5,7,9H2/b2-1+/t11?,12-,15-/m0/s1. The summed E-state index contributed by atoms with van der Waals surface area (Å²) in [6, 6.07) is 4.76. The second-order valence-electron chi connectivity index (χ2n) is 4.88. The average Bonchev–Trinajstić information content (AvgIpc) is 2.49. The van der Waals surface area contributed by atoms with Crippen molar-refractivity contribution in [1.82, 2.24) is 0 Å². The molecule has 4 N–H and O–H groups in total. The van der Waals surface area contributed by atoms with Crippen LogP contribution >= 0.6 is 0 Å². The number of aromatic hydroxyl groups is 1. The minimum Gasteiger partial charge on any atom is -0.504 e. The Labute approximate surface area is 122 Å². The van der Waals surface area contributed by atoms with E-state index in [2.05, 4.69) is 0 Å². The van der Waals surface area contributed by atoms with Crippen molar-refractivity contribution in [3.63, 3.8) is 0 Å². The summed E-state index contributed by atoms with van der Waals surface area (Å²) >= 11 is 0. The molecule has 1 aromatic rings. The number of phenols is 1. The first-order valence-electron chi connectivity index (χ1n) is 6.85. The fourth-order valence-electron chi connectivity index (χ4n) is 2.13. The Morgan fingerprint density at radius 1 is 1.29 bits per heavy atom. The molecule has 0 saturated carbocycles. The molecule has 2 rings (SSSR count). The van der Waals surface area contributed by atoms with E-state index >= 15 is 0 Å². The van der Waals surface area contributed by atoms with Crippen molar-refractivity contribution in [1.29, 1.82) is 0 Å². The number of rotatable bonds is 5. The lowest BCUT2D eigenvalue weighted by Gasteiger charge is -2.33. The van der Waals surface area contributed by atoms with E-state index in [-0.39, 0.29) is 30.8 Å². The van der Waals surface area contributed by atoms with Crippen LogP contribution < -0.4 is 4.74 Å². The Balaban J connectivity index is 2.06. The van der Waals surface area contributed by atoms with Crippen LogP contribution in [0.15, 0.2) is 24.3 Å². The molecule has 0 aromatic heterocycles. The van der Waals surface area contributed by atoms with Gasteiger partial charge in [0.15, 0.2) is 11.5 Å². The first-order chi connectivity index (χ1) is 10.1. The summed E-state index contributed by atoms with van der Waals surface area (Å²) in [4.78, 5) is 0. The Kier molecular flexibility index (Phi) is 5.58. The Morgan fingerprint density at radius 3 is 2.76 bits per heavy atom. The van der Waals surface area contributed by atoms with Gasteiger partial charge in [0.2, 0.25) is 6.29 Å². The predicted molar refractivity (Wildman–Crippen MR) is 75.8 cm³/mol. The summed E-state index contributed by atoms with van der Waals surface area (Å²) < 4.78 is 10.9. The molecule has 0 aliphatic carbocycles. The lowest BCUT2D eigenvalue weighted by atomic mass is 10.1. The maximum absolute atomic E-state index is 9.92. The van der Waals surface area contributed by atoms with Crippen molar-refractivity contribution < 1.29 is 29.9 Å². The molecular formula is C15H20O6. The SMILES string of the molecule is OC/C=C/c1ccc(O[C@@H]2OC(CO)CC[C@@H]2O)c(O)c1. The summed E-state index contributed by atoms with van der Waals surface area (Å²) in [7, 11) is 0. The molecule has 1 aliphatic rings. The molecule has 1 unspecified atom stereocenters. The molecule has 3 atom stereocenters. The summed E-state index contributed by atoms with van der Waals surface area (Å²) in [6.45, 7) is -0.215. The van der Waals surface area contributed by atoms with Crippen LogP contribution in [0, 0.1) is 0 Å². The highest BCUT2D eigenvalue weighted by Crippen LogP contribution is 2.31. The van der Waals surface area contributed by atoms with Crippen LogP contribution in [0.25, 0.3) is 6.08 Å². The van der Waals surface area contributed by atoms with Crippen LogP contribution in [0.2, 0.25) is 0 Å². The summed E-state index contributed by atoms with van der Waals surface area (Å²) in [5.74, 6) is 0.107. The van der Waals surface area contributed by atoms with Crippen LogP contribution in [0.3, 0.4) is 0 Å². The molecule has 0 spiro atoms. The van der Waals surface area contributed by atoms with E-state index in [4.69, 9.17) is 19.7 Å². The molecule has 6 heteroatoms. The summed E-state index contributed by atoms with van der Waals surface area (Å²) in [5, 5.41) is 37.6. The van der Waals surface area contributed by atoms with E-state index in [1.165, 1.54) is 6.07 Å². The van der Waals surface area contributed by atoms with E-state index in [0.29, 0.717) is 18.4 Å². The third-order valence-electron chi connectivity index (χ3n) is 3.27. The van der Waals surface area contributed by atoms with Gasteiger partial charge in [-0.05, 0) is 30.5 Å². The number of ether oxygens (including phenoxy) is 2. The van der Waals surface area contributed by atoms with Gasteiger partial charge in [0.05, 0.1) is 19.3 Å². The monoisotopic (exact) mass is 296 g/mol. The summed E-state index contributed by atoms with van der Waals surface area (Å²) in [5.41, 5.74) is 0.715. The molecule has 0 radical (unpaired) electrons. The van der Waals surface area contributed by atoms with E-state index in [0.717, 1.165) is 0 Å². The highest BCUT2D eigenvalue weighted by atomic mass is 16.7. The first-order valence-corrected chi connectivity index (χ1v) is 6.85. The lowest BCUT2D eigenvalue weighted by Crippen LogP contribution is -2.43. The predicted octanol–water partition coefficient (Wildman–Crippen LogP) is 0.635. The van der Waals surface area contributed by atoms with Crippen molar-refractivity contribution in [2.24, 2.45) is 0 Å². The molecule has 116 valence electrons. The normalized spacial score (nSPS) is 26.1. The van der Waals surface area contributed by atoms with Crippen LogP contribution in [0.5, 0.6) is 11.5 Å². The molecule has 1 aliphatic heterocycles. The van der Waals surface area contributed by atoms with Crippen molar-refractivity contribution in [3.05, 3.63) is 29.8 Å². The Hall–Kier alpha value is -1.60. The van der Waals surface area contributed by atoms with Crippen molar-refractivity contribution in [2.75, 3.05) is 13.2 Å². The second-order valence-corrected chi connectivity index (χ2v) is 4.88. The number of benzene rings is 1. The van der Waals surface area contributed by atoms with Gasteiger partial charge in [-0.2, -0.15) is 0 Å². The van der Waals surface area contributed by atoms with Gasteiger partial charge < -0.3 is 29.9 Å². The van der Waals surface area contributed by atoms with Gasteiger partial charge in [0.1, 0.15) is 6.10 Å². The summed E-state index contributed by atoms with van der Waals surface area (Å²) in [6.07, 6.45) is 2.16. The van der Waals surface area contributed by atoms with Crippen LogP contribution in [-0.2, 0) is 4.74 Å². The zero-order valence-electron chi connectivity index (χ0n) is 11.6. The molecule has 1 saturated heterocycles. The molecule has 1 fully saturated rings. The minimum atomic E-state index is -0.916. The zero-order chi connectivity index (χ0) is 15.2. The highest BCUT2D eigenvalue weighted by molar-refractivity contribution is 5.55. The first kappa shape index (κ1) is 15.8. The Morgan fingerprint density at radius 2 is 2.10 bits per heavy atom. The molecule has 0 bridgehead atoms. The van der Waals surface area contributed by atoms with E-state index < -0.39 is 12.4 Å². The second kappa shape index (κ2) is 7.42. The fourth-order valence-corrected chi connectivity index (χ4v) is 2.13. The van der Waals surface area contributed by atoms with Crippen LogP contribution in [-0.4, -0.2) is 52.1 Å². The molecule has 6 nitrogen and oxygen atoms in total. The number of phenolic OH excluding ortho intramolecular Hbond substituents is 1. The third kappa shape index (κ3) is 4.18.